The molecule has 0 saturated heterocycles. The molecule has 0 saturated carbocycles. The fourth-order valence-corrected chi connectivity index (χ4v) is 1.82. The van der Waals surface area contributed by atoms with Crippen LogP contribution in [0.25, 0.3) is 0 Å². The van der Waals surface area contributed by atoms with Crippen LogP contribution in [0.1, 0.15) is 24.6 Å². The smallest absolute Gasteiger partial charge is 0.129 e. The predicted molar refractivity (Wildman–Crippen MR) is 63.8 cm³/mol. The van der Waals surface area contributed by atoms with Crippen LogP contribution >= 0.6 is 0 Å². The summed E-state index contributed by atoms with van der Waals surface area (Å²) in [5.41, 5.74) is 2.48. The van der Waals surface area contributed by atoms with Gasteiger partial charge in [-0.3, -0.25) is 4.99 Å². The predicted octanol–water partition coefficient (Wildman–Crippen LogP) is 2.07. The Labute approximate surface area is 90.6 Å². The van der Waals surface area contributed by atoms with Gasteiger partial charge in [0.05, 0.1) is 0 Å². The van der Waals surface area contributed by atoms with Gasteiger partial charge in [-0.2, -0.15) is 0 Å². The van der Waals surface area contributed by atoms with E-state index in [0.29, 0.717) is 0 Å². The fourth-order valence-electron chi connectivity index (χ4n) is 1.82. The van der Waals surface area contributed by atoms with Gasteiger partial charge in [0.1, 0.15) is 5.82 Å². The number of hydrogen-bond acceptors (Lipinski definition) is 3. The molecule has 15 heavy (non-hydrogen) atoms. The van der Waals surface area contributed by atoms with E-state index < -0.39 is 0 Å². The number of hydrogen-bond donors (Lipinski definition) is 1. The van der Waals surface area contributed by atoms with E-state index in [1.165, 1.54) is 12.0 Å². The van der Waals surface area contributed by atoms with E-state index in [2.05, 4.69) is 27.4 Å². The summed E-state index contributed by atoms with van der Waals surface area (Å²) in [6.07, 6.45) is 5.15. The van der Waals surface area contributed by atoms with Gasteiger partial charge in [-0.05, 0) is 37.6 Å². The maximum atomic E-state index is 4.60. The maximum Gasteiger partial charge on any atom is 0.129 e. The first-order valence-electron chi connectivity index (χ1n) is 5.57. The Hall–Kier alpha value is -1.38. The lowest BCUT2D eigenvalue weighted by atomic mass is 10.1. The number of aromatic nitrogens is 1. The van der Waals surface area contributed by atoms with Gasteiger partial charge < -0.3 is 5.32 Å². The highest BCUT2D eigenvalue weighted by molar-refractivity contribution is 5.53. The summed E-state index contributed by atoms with van der Waals surface area (Å²) in [7, 11) is 0. The molecule has 0 bridgehead atoms. The Bertz CT molecular complexity index is 358. The highest BCUT2D eigenvalue weighted by atomic mass is 15.0. The van der Waals surface area contributed by atoms with Crippen molar-refractivity contribution in [2.24, 2.45) is 4.99 Å². The quantitative estimate of drug-likeness (QED) is 0.764. The lowest BCUT2D eigenvalue weighted by Crippen LogP contribution is -2.14. The summed E-state index contributed by atoms with van der Waals surface area (Å²) in [4.78, 5) is 8.79. The van der Waals surface area contributed by atoms with Gasteiger partial charge >= 0.3 is 0 Å². The molecule has 0 atom stereocenters. The minimum atomic E-state index is 0.836. The van der Waals surface area contributed by atoms with Crippen LogP contribution in [0.5, 0.6) is 0 Å². The number of rotatable bonds is 3. The number of aliphatic imine (C=N–C) groups is 1. The van der Waals surface area contributed by atoms with Crippen molar-refractivity contribution in [3.63, 3.8) is 0 Å². The summed E-state index contributed by atoms with van der Waals surface area (Å²) in [6, 6.07) is 4.32. The molecule has 3 heteroatoms. The standard InChI is InChI=1S/C12H17N3/c1-2-13-9-7-11-6-5-10-4-3-8-14-12(10)15-11/h2,5-6H,3-4,7-9H2,1H3,(H,14,15). The molecule has 0 aromatic carbocycles. The van der Waals surface area contributed by atoms with Crippen molar-refractivity contribution in [2.45, 2.75) is 26.2 Å². The number of nitrogens with one attached hydrogen (secondary N) is 1. The molecule has 1 aliphatic rings. The first-order valence-corrected chi connectivity index (χ1v) is 5.57. The molecule has 1 N–H and O–H groups in total. The third-order valence-corrected chi connectivity index (χ3v) is 2.63. The highest BCUT2D eigenvalue weighted by Gasteiger charge is 2.09. The maximum absolute atomic E-state index is 4.60. The fraction of sp³-hybridized carbons (Fsp3) is 0.500. The largest absolute Gasteiger partial charge is 0.370 e. The minimum Gasteiger partial charge on any atom is -0.370 e. The number of anilines is 1. The van der Waals surface area contributed by atoms with Crippen molar-refractivity contribution >= 4 is 12.0 Å². The minimum absolute atomic E-state index is 0.836. The summed E-state index contributed by atoms with van der Waals surface area (Å²) in [6.45, 7) is 3.83. The molecule has 2 rings (SSSR count). The zero-order valence-electron chi connectivity index (χ0n) is 9.16. The van der Waals surface area contributed by atoms with Gasteiger partial charge in [0.25, 0.3) is 0 Å². The first-order chi connectivity index (χ1) is 7.40. The van der Waals surface area contributed by atoms with E-state index in [9.17, 15) is 0 Å². The number of fused-ring (bicyclic) bond motifs is 1. The first kappa shape index (κ1) is 10.1. The van der Waals surface area contributed by atoms with Crippen molar-refractivity contribution in [1.29, 1.82) is 0 Å². The lowest BCUT2D eigenvalue weighted by molar-refractivity contribution is 0.807. The van der Waals surface area contributed by atoms with Gasteiger partial charge in [-0.25, -0.2) is 4.98 Å². The molecular formula is C12H17N3. The molecule has 80 valence electrons. The number of aryl methyl sites for hydroxylation is 1. The van der Waals surface area contributed by atoms with Crippen molar-refractivity contribution < 1.29 is 0 Å². The Morgan fingerprint density at radius 1 is 1.53 bits per heavy atom. The molecule has 1 aromatic heterocycles. The van der Waals surface area contributed by atoms with Crippen molar-refractivity contribution in [3.8, 4) is 0 Å². The van der Waals surface area contributed by atoms with Crippen molar-refractivity contribution in [2.75, 3.05) is 18.4 Å². The summed E-state index contributed by atoms with van der Waals surface area (Å²) in [5.74, 6) is 1.08. The Balaban J connectivity index is 2.06. The normalized spacial score (nSPS) is 15.0. The molecule has 3 nitrogen and oxygen atoms in total. The number of nitrogens with zero attached hydrogens (tertiary/aromatic N) is 2. The Kier molecular flexibility index (Phi) is 3.33. The molecule has 0 fully saturated rings. The zero-order valence-corrected chi connectivity index (χ0v) is 9.16. The van der Waals surface area contributed by atoms with Gasteiger partial charge in [0.15, 0.2) is 0 Å². The van der Waals surface area contributed by atoms with Gasteiger partial charge in [0.2, 0.25) is 0 Å². The molecule has 1 aromatic rings. The van der Waals surface area contributed by atoms with Crippen LogP contribution in [0.3, 0.4) is 0 Å². The SMILES string of the molecule is CC=NCCc1ccc2c(n1)NCCC2. The molecule has 1 aliphatic heterocycles. The van der Waals surface area contributed by atoms with E-state index in [0.717, 1.165) is 37.4 Å². The summed E-state index contributed by atoms with van der Waals surface area (Å²) >= 11 is 0. The topological polar surface area (TPSA) is 37.3 Å². The van der Waals surface area contributed by atoms with Crippen LogP contribution in [0, 0.1) is 0 Å². The third kappa shape index (κ3) is 2.55. The monoisotopic (exact) mass is 203 g/mol. The third-order valence-electron chi connectivity index (χ3n) is 2.63. The molecule has 2 heterocycles. The van der Waals surface area contributed by atoms with Gasteiger partial charge in [-0.1, -0.05) is 6.07 Å². The van der Waals surface area contributed by atoms with Gasteiger partial charge in [-0.15, -0.1) is 0 Å². The van der Waals surface area contributed by atoms with Crippen molar-refractivity contribution in [3.05, 3.63) is 23.4 Å². The average molecular weight is 203 g/mol. The van der Waals surface area contributed by atoms with Gasteiger partial charge in [0, 0.05) is 25.2 Å². The second kappa shape index (κ2) is 4.91. The lowest BCUT2D eigenvalue weighted by Gasteiger charge is -2.17. The molecular weight excluding hydrogens is 186 g/mol. The number of pyridine rings is 1. The second-order valence-electron chi connectivity index (χ2n) is 3.76. The molecule has 0 aliphatic carbocycles. The highest BCUT2D eigenvalue weighted by Crippen LogP contribution is 2.19. The van der Waals surface area contributed by atoms with E-state index in [1.54, 1.807) is 0 Å². The second-order valence-corrected chi connectivity index (χ2v) is 3.76. The van der Waals surface area contributed by atoms with Crippen LogP contribution in [-0.4, -0.2) is 24.3 Å². The Morgan fingerprint density at radius 3 is 3.33 bits per heavy atom. The van der Waals surface area contributed by atoms with Crippen molar-refractivity contribution in [1.82, 2.24) is 4.98 Å². The molecule has 0 radical (unpaired) electrons. The van der Waals surface area contributed by atoms with Crippen LogP contribution in [0.2, 0.25) is 0 Å². The van der Waals surface area contributed by atoms with E-state index in [4.69, 9.17) is 0 Å². The summed E-state index contributed by atoms with van der Waals surface area (Å²) < 4.78 is 0. The van der Waals surface area contributed by atoms with E-state index in [-0.39, 0.29) is 0 Å². The van der Waals surface area contributed by atoms with Crippen LogP contribution < -0.4 is 5.32 Å². The Morgan fingerprint density at radius 2 is 2.47 bits per heavy atom. The summed E-state index contributed by atoms with van der Waals surface area (Å²) in [5, 5.41) is 3.34. The van der Waals surface area contributed by atoms with Crippen LogP contribution in [0.4, 0.5) is 5.82 Å². The molecule has 0 unspecified atom stereocenters. The van der Waals surface area contributed by atoms with E-state index in [1.807, 2.05) is 13.1 Å². The average Bonchev–Trinajstić information content (AvgIpc) is 2.29. The molecule has 0 amide bonds. The van der Waals surface area contributed by atoms with Crippen LogP contribution in [-0.2, 0) is 12.8 Å². The zero-order chi connectivity index (χ0) is 10.5. The molecule has 0 spiro atoms. The van der Waals surface area contributed by atoms with Crippen LogP contribution in [0.15, 0.2) is 17.1 Å². The van der Waals surface area contributed by atoms with E-state index >= 15 is 0 Å².